The van der Waals surface area contributed by atoms with Crippen molar-refractivity contribution < 1.29 is 4.52 Å². The van der Waals surface area contributed by atoms with Crippen molar-refractivity contribution in [2.75, 3.05) is 6.54 Å². The second-order valence-electron chi connectivity index (χ2n) is 7.96. The number of nitrogens with zero attached hydrogens (tertiary/aromatic N) is 6. The first kappa shape index (κ1) is 16.7. The van der Waals surface area contributed by atoms with Crippen LogP contribution < -0.4 is 5.69 Å². The molecule has 0 bridgehead atoms. The minimum Gasteiger partial charge on any atom is -0.337 e. The number of aromatic amines is 2. The summed E-state index contributed by atoms with van der Waals surface area (Å²) < 4.78 is 7.84. The molecule has 1 atom stereocenters. The molecule has 0 radical (unpaired) electrons. The molecule has 1 aromatic carbocycles. The Morgan fingerprint density at radius 3 is 2.93 bits per heavy atom. The molecule has 2 N–H and O–H groups in total. The largest absolute Gasteiger partial charge is 0.337 e. The van der Waals surface area contributed by atoms with Gasteiger partial charge in [0.25, 0.3) is 0 Å². The predicted octanol–water partition coefficient (Wildman–Crippen LogP) is 1.77. The molecule has 6 rings (SSSR count). The molecule has 10 heteroatoms. The van der Waals surface area contributed by atoms with Crippen LogP contribution in [0.3, 0.4) is 0 Å². The Morgan fingerprint density at radius 2 is 2.07 bits per heavy atom. The van der Waals surface area contributed by atoms with Crippen LogP contribution in [-0.4, -0.2) is 46.3 Å². The van der Waals surface area contributed by atoms with Crippen LogP contribution in [0.4, 0.5) is 0 Å². The summed E-state index contributed by atoms with van der Waals surface area (Å²) in [4.78, 5) is 24.1. The fraction of sp³-hybridized carbons (Fsp3) is 0.421. The molecular formula is C19H20N8O2. The molecule has 10 nitrogen and oxygen atoms in total. The first-order valence-corrected chi connectivity index (χ1v) is 9.83. The van der Waals surface area contributed by atoms with Gasteiger partial charge in [0.05, 0.1) is 24.1 Å². The first-order valence-electron chi connectivity index (χ1n) is 9.83. The van der Waals surface area contributed by atoms with E-state index in [-0.39, 0.29) is 11.7 Å². The van der Waals surface area contributed by atoms with E-state index in [0.29, 0.717) is 18.3 Å². The number of aryl methyl sites for hydroxylation is 1. The summed E-state index contributed by atoms with van der Waals surface area (Å²) in [5.41, 5.74) is 2.04. The van der Waals surface area contributed by atoms with E-state index in [1.807, 2.05) is 25.1 Å². The van der Waals surface area contributed by atoms with Gasteiger partial charge in [-0.05, 0) is 43.9 Å². The normalized spacial score (nSPS) is 19.7. The molecule has 29 heavy (non-hydrogen) atoms. The molecule has 0 saturated heterocycles. The third-order valence-electron chi connectivity index (χ3n) is 5.84. The Balaban J connectivity index is 1.35. The maximum absolute atomic E-state index is 11.5. The maximum Gasteiger partial charge on any atom is 0.323 e. The zero-order chi connectivity index (χ0) is 19.5. The Morgan fingerprint density at radius 1 is 1.21 bits per heavy atom. The van der Waals surface area contributed by atoms with Gasteiger partial charge in [0, 0.05) is 12.1 Å². The smallest absolute Gasteiger partial charge is 0.323 e. The Bertz CT molecular complexity index is 1260. The van der Waals surface area contributed by atoms with Crippen molar-refractivity contribution in [2.24, 2.45) is 5.92 Å². The summed E-state index contributed by atoms with van der Waals surface area (Å²) in [6.45, 7) is 4.41. The molecule has 1 aliphatic carbocycles. The van der Waals surface area contributed by atoms with Crippen molar-refractivity contribution in [2.45, 2.75) is 38.9 Å². The molecule has 1 aliphatic heterocycles. The summed E-state index contributed by atoms with van der Waals surface area (Å²) >= 11 is 0. The van der Waals surface area contributed by atoms with Crippen LogP contribution in [0, 0.1) is 12.8 Å². The average molecular weight is 392 g/mol. The summed E-state index contributed by atoms with van der Waals surface area (Å²) in [5.74, 6) is 3.74. The summed E-state index contributed by atoms with van der Waals surface area (Å²) in [5, 5.41) is 12.8. The van der Waals surface area contributed by atoms with Gasteiger partial charge < -0.3 is 19.1 Å². The van der Waals surface area contributed by atoms with Crippen molar-refractivity contribution in [3.63, 3.8) is 0 Å². The molecule has 148 valence electrons. The molecule has 3 aromatic heterocycles. The number of imidazole rings is 1. The first-order chi connectivity index (χ1) is 14.1. The van der Waals surface area contributed by atoms with Crippen molar-refractivity contribution >= 4 is 11.0 Å². The van der Waals surface area contributed by atoms with E-state index in [1.54, 1.807) is 0 Å². The molecule has 0 spiro atoms. The van der Waals surface area contributed by atoms with Gasteiger partial charge in [-0.15, -0.1) is 10.2 Å². The van der Waals surface area contributed by atoms with Crippen LogP contribution in [0.25, 0.3) is 22.4 Å². The highest BCUT2D eigenvalue weighted by molar-refractivity contribution is 5.79. The standard InChI is InChI=1S/C19H20N8O2/c1-10-23-24-16-9-26(7-11-2-3-11)15(8-27(10)16)18-22-17(25-29-18)12-4-5-13-14(6-12)21-19(28)20-13/h4-6,11,15H,2-3,7-9H2,1H3,(H2,20,21,28). The van der Waals surface area contributed by atoms with E-state index in [9.17, 15) is 4.79 Å². The number of aromatic nitrogens is 7. The van der Waals surface area contributed by atoms with Crippen molar-refractivity contribution in [1.82, 2.24) is 39.8 Å². The summed E-state index contributed by atoms with van der Waals surface area (Å²) in [6, 6.07) is 5.57. The van der Waals surface area contributed by atoms with Crippen molar-refractivity contribution in [1.29, 1.82) is 0 Å². The molecule has 4 aromatic rings. The summed E-state index contributed by atoms with van der Waals surface area (Å²) in [7, 11) is 0. The highest BCUT2D eigenvalue weighted by Crippen LogP contribution is 2.36. The monoisotopic (exact) mass is 392 g/mol. The fourth-order valence-electron chi connectivity index (χ4n) is 4.08. The number of hydrogen-bond acceptors (Lipinski definition) is 7. The van der Waals surface area contributed by atoms with E-state index in [1.165, 1.54) is 12.8 Å². The molecule has 2 aliphatic rings. The lowest BCUT2D eigenvalue weighted by atomic mass is 10.1. The van der Waals surface area contributed by atoms with Crippen LogP contribution in [0.2, 0.25) is 0 Å². The van der Waals surface area contributed by atoms with Gasteiger partial charge in [-0.3, -0.25) is 4.90 Å². The highest BCUT2D eigenvalue weighted by atomic mass is 16.5. The number of rotatable bonds is 4. The number of benzene rings is 1. The molecular weight excluding hydrogens is 372 g/mol. The van der Waals surface area contributed by atoms with E-state index >= 15 is 0 Å². The number of fused-ring (bicyclic) bond motifs is 2. The van der Waals surface area contributed by atoms with Crippen molar-refractivity contribution in [3.05, 3.63) is 46.2 Å². The Kier molecular flexibility index (Phi) is 3.51. The number of nitrogens with one attached hydrogen (secondary N) is 2. The van der Waals surface area contributed by atoms with Gasteiger partial charge in [-0.25, -0.2) is 4.79 Å². The lowest BCUT2D eigenvalue weighted by Crippen LogP contribution is -2.38. The Hall–Kier alpha value is -3.27. The lowest BCUT2D eigenvalue weighted by molar-refractivity contribution is 0.102. The van der Waals surface area contributed by atoms with Gasteiger partial charge in [-0.1, -0.05) is 5.16 Å². The maximum atomic E-state index is 11.5. The highest BCUT2D eigenvalue weighted by Gasteiger charge is 2.36. The third-order valence-corrected chi connectivity index (χ3v) is 5.84. The number of H-pyrrole nitrogens is 2. The lowest BCUT2D eigenvalue weighted by Gasteiger charge is -2.33. The van der Waals surface area contributed by atoms with E-state index in [4.69, 9.17) is 9.51 Å². The minimum atomic E-state index is -0.232. The van der Waals surface area contributed by atoms with Gasteiger partial charge in [0.1, 0.15) is 17.7 Å². The van der Waals surface area contributed by atoms with E-state index < -0.39 is 0 Å². The SMILES string of the molecule is Cc1nnc2n1CC(c1nc(-c3ccc4[nH]c(=O)[nH]c4c3)no1)N(CC1CC1)C2. The molecule has 1 saturated carbocycles. The molecule has 0 amide bonds. The number of hydrogen-bond donors (Lipinski definition) is 2. The van der Waals surface area contributed by atoms with Gasteiger partial charge in [0.15, 0.2) is 0 Å². The van der Waals surface area contributed by atoms with E-state index in [0.717, 1.165) is 47.3 Å². The Labute approximate surface area is 164 Å². The second kappa shape index (κ2) is 6.11. The van der Waals surface area contributed by atoms with Crippen molar-refractivity contribution in [3.8, 4) is 11.4 Å². The second-order valence-corrected chi connectivity index (χ2v) is 7.96. The van der Waals surface area contributed by atoms with Crippen LogP contribution in [-0.2, 0) is 13.1 Å². The van der Waals surface area contributed by atoms with Crippen LogP contribution >= 0.6 is 0 Å². The van der Waals surface area contributed by atoms with Crippen LogP contribution in [0.5, 0.6) is 0 Å². The molecule has 1 unspecified atom stereocenters. The van der Waals surface area contributed by atoms with Gasteiger partial charge in [0.2, 0.25) is 11.7 Å². The van der Waals surface area contributed by atoms with Gasteiger partial charge >= 0.3 is 5.69 Å². The van der Waals surface area contributed by atoms with E-state index in [2.05, 4.69) is 34.8 Å². The third kappa shape index (κ3) is 2.87. The summed E-state index contributed by atoms with van der Waals surface area (Å²) in [6.07, 6.45) is 2.55. The van der Waals surface area contributed by atoms with Gasteiger partial charge in [-0.2, -0.15) is 4.98 Å². The van der Waals surface area contributed by atoms with Crippen LogP contribution in [0.1, 0.15) is 36.4 Å². The fourth-order valence-corrected chi connectivity index (χ4v) is 4.08. The topological polar surface area (TPSA) is 122 Å². The molecule has 4 heterocycles. The minimum absolute atomic E-state index is 0.00477. The quantitative estimate of drug-likeness (QED) is 0.543. The zero-order valence-corrected chi connectivity index (χ0v) is 15.9. The zero-order valence-electron chi connectivity index (χ0n) is 15.9. The average Bonchev–Trinajstić information content (AvgIpc) is 3.11. The van der Waals surface area contributed by atoms with Crippen LogP contribution in [0.15, 0.2) is 27.5 Å². The predicted molar refractivity (Wildman–Crippen MR) is 103 cm³/mol. The molecule has 1 fully saturated rings.